The zero-order valence-electron chi connectivity index (χ0n) is 11.5. The summed E-state index contributed by atoms with van der Waals surface area (Å²) < 4.78 is 5.07. The first-order valence-electron chi connectivity index (χ1n) is 6.33. The summed E-state index contributed by atoms with van der Waals surface area (Å²) >= 11 is 0. The van der Waals surface area contributed by atoms with Crippen LogP contribution in [0.2, 0.25) is 0 Å². The summed E-state index contributed by atoms with van der Waals surface area (Å²) in [6.07, 6.45) is 0. The molecule has 0 atom stereocenters. The molecule has 0 unspecified atom stereocenters. The van der Waals surface area contributed by atoms with Crippen LogP contribution >= 0.6 is 0 Å². The van der Waals surface area contributed by atoms with Crippen molar-refractivity contribution in [2.24, 2.45) is 0 Å². The Bertz CT molecular complexity index is 650. The molecule has 5 nitrogen and oxygen atoms in total. The first-order chi connectivity index (χ1) is 10.1. The maximum Gasteiger partial charge on any atom is 0.335 e. The van der Waals surface area contributed by atoms with Crippen LogP contribution in [0.25, 0.3) is 0 Å². The summed E-state index contributed by atoms with van der Waals surface area (Å²) in [5.41, 5.74) is 2.03. The Morgan fingerprint density at radius 2 is 1.76 bits per heavy atom. The Morgan fingerprint density at radius 3 is 2.38 bits per heavy atom. The molecule has 0 spiro atoms. The molecule has 0 aromatic heterocycles. The van der Waals surface area contributed by atoms with Crippen LogP contribution in [0.5, 0.6) is 0 Å². The zero-order chi connectivity index (χ0) is 15.2. The van der Waals surface area contributed by atoms with E-state index in [-0.39, 0.29) is 11.5 Å². The smallest absolute Gasteiger partial charge is 0.335 e. The van der Waals surface area contributed by atoms with Crippen molar-refractivity contribution >= 4 is 17.6 Å². The minimum absolute atomic E-state index is 0.174. The van der Waals surface area contributed by atoms with E-state index >= 15 is 0 Å². The van der Waals surface area contributed by atoms with Crippen LogP contribution < -0.4 is 5.32 Å². The van der Waals surface area contributed by atoms with Gasteiger partial charge in [-0.05, 0) is 35.9 Å². The van der Waals surface area contributed by atoms with Crippen molar-refractivity contribution in [3.05, 3.63) is 65.2 Å². The van der Waals surface area contributed by atoms with Gasteiger partial charge in [-0.1, -0.05) is 18.2 Å². The second kappa shape index (κ2) is 6.67. The molecule has 0 saturated heterocycles. The Labute approximate surface area is 122 Å². The molecule has 2 N–H and O–H groups in total. The lowest BCUT2D eigenvalue weighted by atomic mass is 10.1. The summed E-state index contributed by atoms with van der Waals surface area (Å²) in [5, 5.41) is 11.6. The highest BCUT2D eigenvalue weighted by molar-refractivity contribution is 6.05. The Kier molecular flexibility index (Phi) is 4.68. The highest BCUT2D eigenvalue weighted by Crippen LogP contribution is 2.14. The first kappa shape index (κ1) is 14.7. The fourth-order valence-electron chi connectivity index (χ4n) is 1.92. The molecule has 0 radical (unpaired) electrons. The van der Waals surface area contributed by atoms with Crippen molar-refractivity contribution < 1.29 is 19.4 Å². The van der Waals surface area contributed by atoms with E-state index in [4.69, 9.17) is 9.84 Å². The maximum absolute atomic E-state index is 12.2. The van der Waals surface area contributed by atoms with Crippen molar-refractivity contribution in [3.63, 3.8) is 0 Å². The number of ether oxygens (including phenoxy) is 1. The lowest BCUT2D eigenvalue weighted by Crippen LogP contribution is -2.14. The van der Waals surface area contributed by atoms with E-state index in [2.05, 4.69) is 5.32 Å². The van der Waals surface area contributed by atoms with Gasteiger partial charge in [0.15, 0.2) is 0 Å². The predicted octanol–water partition coefficient (Wildman–Crippen LogP) is 2.78. The molecule has 2 aromatic carbocycles. The molecule has 0 aliphatic rings. The number of benzene rings is 2. The SMILES string of the molecule is COCc1ccccc1C(=O)Nc1ccc(C(=O)O)cc1. The number of carboxylic acids is 1. The number of nitrogens with one attached hydrogen (secondary N) is 1. The average Bonchev–Trinajstić information content (AvgIpc) is 2.48. The van der Waals surface area contributed by atoms with Crippen LogP contribution in [0.3, 0.4) is 0 Å². The van der Waals surface area contributed by atoms with Gasteiger partial charge in [-0.25, -0.2) is 4.79 Å². The summed E-state index contributed by atoms with van der Waals surface area (Å²) in [4.78, 5) is 23.0. The van der Waals surface area contributed by atoms with Crippen molar-refractivity contribution in [1.29, 1.82) is 0 Å². The number of methoxy groups -OCH3 is 1. The number of carboxylic acid groups (broad SMARTS) is 1. The van der Waals surface area contributed by atoms with Gasteiger partial charge in [0.2, 0.25) is 0 Å². The Balaban J connectivity index is 2.16. The molecule has 0 heterocycles. The van der Waals surface area contributed by atoms with Gasteiger partial charge in [0.1, 0.15) is 0 Å². The molecule has 2 rings (SSSR count). The van der Waals surface area contributed by atoms with Crippen molar-refractivity contribution in [3.8, 4) is 0 Å². The standard InChI is InChI=1S/C16H15NO4/c1-21-10-12-4-2-3-5-14(12)15(18)17-13-8-6-11(7-9-13)16(19)20/h2-9H,10H2,1H3,(H,17,18)(H,19,20). The highest BCUT2D eigenvalue weighted by Gasteiger charge is 2.11. The van der Waals surface area contributed by atoms with Crippen LogP contribution in [0.1, 0.15) is 26.3 Å². The number of carbonyl (C=O) groups excluding carboxylic acids is 1. The number of rotatable bonds is 5. The van der Waals surface area contributed by atoms with Crippen molar-refractivity contribution in [1.82, 2.24) is 0 Å². The van der Waals surface area contributed by atoms with Crippen molar-refractivity contribution in [2.75, 3.05) is 12.4 Å². The molecule has 0 aliphatic carbocycles. The predicted molar refractivity (Wildman–Crippen MR) is 78.5 cm³/mol. The van der Waals surface area contributed by atoms with E-state index in [1.54, 1.807) is 31.4 Å². The second-order valence-corrected chi connectivity index (χ2v) is 4.43. The van der Waals surface area contributed by atoms with Gasteiger partial charge >= 0.3 is 5.97 Å². The number of hydrogen-bond donors (Lipinski definition) is 2. The summed E-state index contributed by atoms with van der Waals surface area (Å²) in [6, 6.07) is 13.2. The molecular formula is C16H15NO4. The van der Waals surface area contributed by atoms with E-state index in [1.165, 1.54) is 12.1 Å². The molecule has 21 heavy (non-hydrogen) atoms. The van der Waals surface area contributed by atoms with Gasteiger partial charge in [0.25, 0.3) is 5.91 Å². The fraction of sp³-hybridized carbons (Fsp3) is 0.125. The number of aromatic carboxylic acids is 1. The van der Waals surface area contributed by atoms with Gasteiger partial charge in [-0.2, -0.15) is 0 Å². The third-order valence-corrected chi connectivity index (χ3v) is 2.95. The lowest BCUT2D eigenvalue weighted by Gasteiger charge is -2.09. The largest absolute Gasteiger partial charge is 0.478 e. The monoisotopic (exact) mass is 285 g/mol. The summed E-state index contributed by atoms with van der Waals surface area (Å²) in [5.74, 6) is -1.26. The first-order valence-corrected chi connectivity index (χ1v) is 6.33. The van der Waals surface area contributed by atoms with E-state index in [1.807, 2.05) is 12.1 Å². The zero-order valence-corrected chi connectivity index (χ0v) is 11.5. The third kappa shape index (κ3) is 3.67. The van der Waals surface area contributed by atoms with Crippen LogP contribution in [0.4, 0.5) is 5.69 Å². The quantitative estimate of drug-likeness (QED) is 0.885. The topological polar surface area (TPSA) is 75.6 Å². The number of carbonyl (C=O) groups is 2. The molecule has 0 fully saturated rings. The average molecular weight is 285 g/mol. The summed E-state index contributed by atoms with van der Waals surface area (Å²) in [6.45, 7) is 0.349. The van der Waals surface area contributed by atoms with Crippen LogP contribution in [-0.2, 0) is 11.3 Å². The van der Waals surface area contributed by atoms with Crippen molar-refractivity contribution in [2.45, 2.75) is 6.61 Å². The van der Waals surface area contributed by atoms with Gasteiger partial charge in [0.05, 0.1) is 12.2 Å². The van der Waals surface area contributed by atoms with E-state index in [0.717, 1.165) is 5.56 Å². The molecule has 0 aliphatic heterocycles. The van der Waals surface area contributed by atoms with Gasteiger partial charge in [-0.15, -0.1) is 0 Å². The van der Waals surface area contributed by atoms with Crippen LogP contribution in [-0.4, -0.2) is 24.1 Å². The lowest BCUT2D eigenvalue weighted by molar-refractivity contribution is 0.0696. The number of anilines is 1. The summed E-state index contributed by atoms with van der Waals surface area (Å²) in [7, 11) is 1.57. The Hall–Kier alpha value is -2.66. The fourth-order valence-corrected chi connectivity index (χ4v) is 1.92. The maximum atomic E-state index is 12.2. The molecular weight excluding hydrogens is 270 g/mol. The normalized spacial score (nSPS) is 10.1. The minimum Gasteiger partial charge on any atom is -0.478 e. The minimum atomic E-state index is -1.00. The number of amides is 1. The van der Waals surface area contributed by atoms with E-state index < -0.39 is 5.97 Å². The highest BCUT2D eigenvalue weighted by atomic mass is 16.5. The van der Waals surface area contributed by atoms with Crippen LogP contribution in [0.15, 0.2) is 48.5 Å². The third-order valence-electron chi connectivity index (χ3n) is 2.95. The van der Waals surface area contributed by atoms with E-state index in [9.17, 15) is 9.59 Å². The van der Waals surface area contributed by atoms with Gasteiger partial charge in [-0.3, -0.25) is 4.79 Å². The molecule has 0 saturated carbocycles. The van der Waals surface area contributed by atoms with Gasteiger partial charge < -0.3 is 15.2 Å². The number of hydrogen-bond acceptors (Lipinski definition) is 3. The molecule has 0 bridgehead atoms. The molecule has 108 valence electrons. The molecule has 5 heteroatoms. The Morgan fingerprint density at radius 1 is 1.10 bits per heavy atom. The van der Waals surface area contributed by atoms with Crippen LogP contribution in [0, 0.1) is 0 Å². The molecule has 1 amide bonds. The second-order valence-electron chi connectivity index (χ2n) is 4.43. The van der Waals surface area contributed by atoms with Gasteiger partial charge in [0, 0.05) is 18.4 Å². The van der Waals surface area contributed by atoms with E-state index in [0.29, 0.717) is 17.9 Å². The molecule has 2 aromatic rings.